The molecule has 2 heterocycles. The lowest BCUT2D eigenvalue weighted by atomic mass is 10.1. The Balaban J connectivity index is 2.05. The molecule has 96 valence electrons. The van der Waals surface area contributed by atoms with Gasteiger partial charge in [-0.3, -0.25) is 9.78 Å². The topological polar surface area (TPSA) is 110 Å². The molecule has 1 aliphatic rings. The molecule has 18 heavy (non-hydrogen) atoms. The number of rotatable bonds is 2. The fraction of sp³-hybridized carbons (Fsp3) is 0.545. The number of nitrogens with zero attached hydrogens (tertiary/aromatic N) is 3. The molecule has 7 nitrogen and oxygen atoms in total. The van der Waals surface area contributed by atoms with Gasteiger partial charge in [0.2, 0.25) is 5.95 Å². The van der Waals surface area contributed by atoms with Gasteiger partial charge in [0.15, 0.2) is 11.2 Å². The van der Waals surface area contributed by atoms with Crippen LogP contribution in [0.3, 0.4) is 0 Å². The summed E-state index contributed by atoms with van der Waals surface area (Å²) in [5.41, 5.74) is 6.09. The number of hydrogen-bond donors (Lipinski definition) is 3. The molecule has 7 heteroatoms. The van der Waals surface area contributed by atoms with E-state index in [0.29, 0.717) is 17.1 Å². The number of nitrogens with one attached hydrogen (secondary N) is 1. The third kappa shape index (κ3) is 1.67. The highest BCUT2D eigenvalue weighted by molar-refractivity contribution is 5.70. The van der Waals surface area contributed by atoms with Crippen LogP contribution in [-0.2, 0) is 0 Å². The van der Waals surface area contributed by atoms with E-state index in [9.17, 15) is 4.79 Å². The normalized spacial score (nSPS) is 23.8. The van der Waals surface area contributed by atoms with Crippen molar-refractivity contribution in [3.8, 4) is 0 Å². The zero-order chi connectivity index (χ0) is 12.7. The molecule has 0 spiro atoms. The Morgan fingerprint density at radius 1 is 1.56 bits per heavy atom. The summed E-state index contributed by atoms with van der Waals surface area (Å²) < 4.78 is 1.90. The Morgan fingerprint density at radius 2 is 2.39 bits per heavy atom. The summed E-state index contributed by atoms with van der Waals surface area (Å²) in [5, 5.41) is 9.17. The molecule has 1 saturated carbocycles. The number of anilines is 1. The van der Waals surface area contributed by atoms with Crippen molar-refractivity contribution in [2.24, 2.45) is 5.92 Å². The summed E-state index contributed by atoms with van der Waals surface area (Å²) in [6.45, 7) is 0.208. The first-order valence-electron chi connectivity index (χ1n) is 6.02. The fourth-order valence-corrected chi connectivity index (χ4v) is 2.68. The first-order chi connectivity index (χ1) is 8.69. The third-order valence-corrected chi connectivity index (χ3v) is 3.62. The number of fused-ring (bicyclic) bond motifs is 1. The number of aliphatic hydroxyl groups is 1. The minimum atomic E-state index is -0.312. The van der Waals surface area contributed by atoms with Crippen molar-refractivity contribution in [3.05, 3.63) is 16.7 Å². The van der Waals surface area contributed by atoms with Crippen molar-refractivity contribution < 1.29 is 5.11 Å². The second-order valence-electron chi connectivity index (χ2n) is 4.79. The molecule has 0 radical (unpaired) electrons. The zero-order valence-electron chi connectivity index (χ0n) is 9.83. The van der Waals surface area contributed by atoms with E-state index in [0.717, 1.165) is 19.3 Å². The van der Waals surface area contributed by atoms with Gasteiger partial charge in [-0.1, -0.05) is 0 Å². The number of hydrogen-bond acceptors (Lipinski definition) is 5. The van der Waals surface area contributed by atoms with E-state index in [1.807, 2.05) is 4.57 Å². The van der Waals surface area contributed by atoms with Crippen LogP contribution in [0.25, 0.3) is 11.2 Å². The predicted molar refractivity (Wildman–Crippen MR) is 66.0 cm³/mol. The number of nitrogen functional groups attached to an aromatic ring is 1. The van der Waals surface area contributed by atoms with Gasteiger partial charge >= 0.3 is 0 Å². The summed E-state index contributed by atoms with van der Waals surface area (Å²) in [6, 6.07) is 0.237. The number of aromatic nitrogens is 4. The molecule has 1 fully saturated rings. The van der Waals surface area contributed by atoms with Gasteiger partial charge in [0.25, 0.3) is 5.56 Å². The van der Waals surface area contributed by atoms with Gasteiger partial charge in [0.1, 0.15) is 0 Å². The second kappa shape index (κ2) is 4.09. The average Bonchev–Trinajstić information content (AvgIpc) is 2.93. The molecule has 3 rings (SSSR count). The SMILES string of the molecule is Nc1nc2c(ncn2C2CCC(CO)C2)c(=O)[nH]1. The molecule has 0 aliphatic heterocycles. The largest absolute Gasteiger partial charge is 0.396 e. The van der Waals surface area contributed by atoms with Crippen molar-refractivity contribution in [1.29, 1.82) is 0 Å². The Kier molecular flexibility index (Phi) is 2.55. The monoisotopic (exact) mass is 249 g/mol. The predicted octanol–water partition coefficient (Wildman–Crippen LogP) is 0.0353. The lowest BCUT2D eigenvalue weighted by Crippen LogP contribution is -2.13. The minimum absolute atomic E-state index is 0.103. The minimum Gasteiger partial charge on any atom is -0.396 e. The van der Waals surface area contributed by atoms with Crippen LogP contribution in [0.2, 0.25) is 0 Å². The Hall–Kier alpha value is -1.89. The van der Waals surface area contributed by atoms with Crippen LogP contribution in [0.1, 0.15) is 25.3 Å². The number of H-pyrrole nitrogens is 1. The highest BCUT2D eigenvalue weighted by Gasteiger charge is 2.27. The lowest BCUT2D eigenvalue weighted by molar-refractivity contribution is 0.226. The summed E-state index contributed by atoms with van der Waals surface area (Å²) in [6.07, 6.45) is 4.47. The van der Waals surface area contributed by atoms with E-state index in [2.05, 4.69) is 15.0 Å². The van der Waals surface area contributed by atoms with Gasteiger partial charge in [-0.15, -0.1) is 0 Å². The number of aliphatic hydroxyl groups excluding tert-OH is 1. The number of aromatic amines is 1. The van der Waals surface area contributed by atoms with Gasteiger partial charge in [-0.05, 0) is 25.2 Å². The Labute approximate surface area is 103 Å². The van der Waals surface area contributed by atoms with E-state index >= 15 is 0 Å². The molecule has 0 aromatic carbocycles. The molecule has 2 atom stereocenters. The second-order valence-corrected chi connectivity index (χ2v) is 4.79. The summed E-state index contributed by atoms with van der Waals surface area (Å²) in [4.78, 5) is 22.3. The molecule has 0 amide bonds. The van der Waals surface area contributed by atoms with E-state index < -0.39 is 0 Å². The van der Waals surface area contributed by atoms with Crippen molar-refractivity contribution in [1.82, 2.24) is 19.5 Å². The van der Waals surface area contributed by atoms with Gasteiger partial charge in [-0.25, -0.2) is 4.98 Å². The first kappa shape index (κ1) is 11.2. The average molecular weight is 249 g/mol. The summed E-state index contributed by atoms with van der Waals surface area (Å²) in [7, 11) is 0. The van der Waals surface area contributed by atoms with Crippen LogP contribution < -0.4 is 11.3 Å². The highest BCUT2D eigenvalue weighted by Crippen LogP contribution is 2.35. The molecule has 0 saturated heterocycles. The van der Waals surface area contributed by atoms with Crippen LogP contribution in [0, 0.1) is 5.92 Å². The van der Waals surface area contributed by atoms with Gasteiger partial charge in [-0.2, -0.15) is 4.98 Å². The maximum Gasteiger partial charge on any atom is 0.280 e. The molecule has 2 aromatic heterocycles. The van der Waals surface area contributed by atoms with Crippen LogP contribution in [0.4, 0.5) is 5.95 Å². The molecule has 2 unspecified atom stereocenters. The van der Waals surface area contributed by atoms with Crippen molar-refractivity contribution in [3.63, 3.8) is 0 Å². The Morgan fingerprint density at radius 3 is 3.11 bits per heavy atom. The first-order valence-corrected chi connectivity index (χ1v) is 6.02. The lowest BCUT2D eigenvalue weighted by Gasteiger charge is -2.12. The van der Waals surface area contributed by atoms with Crippen molar-refractivity contribution in [2.75, 3.05) is 12.3 Å². The summed E-state index contributed by atoms with van der Waals surface area (Å²) in [5.74, 6) is 0.428. The van der Waals surface area contributed by atoms with Crippen LogP contribution in [0.5, 0.6) is 0 Å². The standard InChI is InChI=1S/C11H15N5O2/c12-11-14-9-8(10(18)15-11)13-5-16(9)7-2-1-6(3-7)4-17/h5-7,17H,1-4H2,(H3,12,14,15,18). The number of nitrogens with two attached hydrogens (primary N) is 1. The molecular weight excluding hydrogens is 234 g/mol. The van der Waals surface area contributed by atoms with Crippen LogP contribution >= 0.6 is 0 Å². The molecule has 4 N–H and O–H groups in total. The Bertz CT molecular complexity index is 632. The fourth-order valence-electron chi connectivity index (χ4n) is 2.68. The van der Waals surface area contributed by atoms with E-state index in [1.54, 1.807) is 6.33 Å². The van der Waals surface area contributed by atoms with Crippen LogP contribution in [-0.4, -0.2) is 31.2 Å². The van der Waals surface area contributed by atoms with Crippen molar-refractivity contribution in [2.45, 2.75) is 25.3 Å². The van der Waals surface area contributed by atoms with E-state index in [1.165, 1.54) is 0 Å². The van der Waals surface area contributed by atoms with E-state index in [-0.39, 0.29) is 24.2 Å². The smallest absolute Gasteiger partial charge is 0.280 e. The molecule has 2 aromatic rings. The molecule has 1 aliphatic carbocycles. The quantitative estimate of drug-likeness (QED) is 0.695. The maximum absolute atomic E-state index is 11.7. The van der Waals surface area contributed by atoms with Crippen LogP contribution in [0.15, 0.2) is 11.1 Å². The molecule has 0 bridgehead atoms. The van der Waals surface area contributed by atoms with Crippen molar-refractivity contribution >= 4 is 17.1 Å². The summed E-state index contributed by atoms with van der Waals surface area (Å²) >= 11 is 0. The van der Waals surface area contributed by atoms with Gasteiger partial charge in [0, 0.05) is 12.6 Å². The van der Waals surface area contributed by atoms with Gasteiger partial charge < -0.3 is 15.4 Å². The molecular formula is C11H15N5O2. The highest BCUT2D eigenvalue weighted by atomic mass is 16.3. The van der Waals surface area contributed by atoms with E-state index in [4.69, 9.17) is 10.8 Å². The zero-order valence-corrected chi connectivity index (χ0v) is 9.83. The number of imidazole rings is 1. The third-order valence-electron chi connectivity index (χ3n) is 3.62. The maximum atomic E-state index is 11.7. The van der Waals surface area contributed by atoms with Gasteiger partial charge in [0.05, 0.1) is 6.33 Å².